The van der Waals surface area contributed by atoms with Crippen LogP contribution in [-0.2, 0) is 0 Å². The van der Waals surface area contributed by atoms with Crippen molar-refractivity contribution in [1.82, 2.24) is 5.32 Å². The van der Waals surface area contributed by atoms with E-state index in [0.717, 1.165) is 11.4 Å². The molecule has 1 aromatic rings. The second kappa shape index (κ2) is 8.60. The summed E-state index contributed by atoms with van der Waals surface area (Å²) in [6, 6.07) is 8.07. The lowest BCUT2D eigenvalue weighted by Crippen LogP contribution is -2.35. The van der Waals surface area contributed by atoms with Crippen LogP contribution >= 0.6 is 0 Å². The Hall–Kier alpha value is -1.79. The van der Waals surface area contributed by atoms with Gasteiger partial charge in [-0.2, -0.15) is 0 Å². The van der Waals surface area contributed by atoms with Gasteiger partial charge in [0.15, 0.2) is 5.96 Å². The van der Waals surface area contributed by atoms with Crippen molar-refractivity contribution in [3.05, 3.63) is 24.3 Å². The van der Waals surface area contributed by atoms with Crippen molar-refractivity contribution in [1.29, 1.82) is 0 Å². The minimum Gasteiger partial charge on any atom is -0.395 e. The summed E-state index contributed by atoms with van der Waals surface area (Å²) in [6.45, 7) is 5.84. The maximum atomic E-state index is 8.98. The van der Waals surface area contributed by atoms with Crippen molar-refractivity contribution in [2.45, 2.75) is 13.8 Å². The fourth-order valence-electron chi connectivity index (χ4n) is 1.65. The molecule has 22 heavy (non-hydrogen) atoms. The molecule has 1 aromatic carbocycles. The topological polar surface area (TPSA) is 85.9 Å². The molecule has 0 bridgehead atoms. The van der Waals surface area contributed by atoms with Gasteiger partial charge in [0.1, 0.15) is 0 Å². The highest BCUT2D eigenvalue weighted by Crippen LogP contribution is 2.16. The highest BCUT2D eigenvalue weighted by molar-refractivity contribution is 5.93. The number of hydrogen-bond acceptors (Lipinski definition) is 4. The molecule has 0 amide bonds. The minimum atomic E-state index is -0.0530. The molecule has 0 spiro atoms. The molecule has 0 aliphatic rings. The molecule has 0 heterocycles. The molecule has 0 aromatic heterocycles. The maximum Gasteiger partial charge on any atom is 0.195 e. The first-order valence-electron chi connectivity index (χ1n) is 7.51. The summed E-state index contributed by atoms with van der Waals surface area (Å²) >= 11 is 0. The Morgan fingerprint density at radius 3 is 2.41 bits per heavy atom. The van der Waals surface area contributed by atoms with E-state index in [4.69, 9.17) is 10.8 Å². The van der Waals surface area contributed by atoms with Gasteiger partial charge in [-0.05, 0) is 36.2 Å². The minimum absolute atomic E-state index is 0.0530. The van der Waals surface area contributed by atoms with E-state index in [1.807, 2.05) is 43.3 Å². The Kier molecular flexibility index (Phi) is 7.14. The lowest BCUT2D eigenvalue weighted by molar-refractivity contribution is 0.300. The zero-order chi connectivity index (χ0) is 16.6. The molecule has 0 saturated carbocycles. The quantitative estimate of drug-likeness (QED) is 0.447. The number of nitrogens with zero attached hydrogens (tertiary/aromatic N) is 2. The van der Waals surface area contributed by atoms with Gasteiger partial charge in [0.2, 0.25) is 0 Å². The smallest absolute Gasteiger partial charge is 0.195 e. The first-order chi connectivity index (χ1) is 10.4. The molecular weight excluding hydrogens is 278 g/mol. The first-order valence-corrected chi connectivity index (χ1v) is 7.51. The van der Waals surface area contributed by atoms with Crippen LogP contribution in [0.2, 0.25) is 0 Å². The Balaban J connectivity index is 2.77. The van der Waals surface area contributed by atoms with Gasteiger partial charge < -0.3 is 26.4 Å². The fraction of sp³-hybridized carbons (Fsp3) is 0.562. The number of hydrogen-bond donors (Lipinski definition) is 4. The van der Waals surface area contributed by atoms with Gasteiger partial charge in [0, 0.05) is 38.6 Å². The van der Waals surface area contributed by atoms with Crippen LogP contribution in [0, 0.1) is 5.41 Å². The van der Waals surface area contributed by atoms with Crippen LogP contribution in [0.1, 0.15) is 13.8 Å². The summed E-state index contributed by atoms with van der Waals surface area (Å²) in [6.07, 6.45) is 0. The van der Waals surface area contributed by atoms with Gasteiger partial charge >= 0.3 is 0 Å². The third-order valence-electron chi connectivity index (χ3n) is 3.27. The molecule has 5 N–H and O–H groups in total. The molecule has 0 unspecified atom stereocenters. The van der Waals surface area contributed by atoms with Crippen molar-refractivity contribution in [3.63, 3.8) is 0 Å². The number of nitrogens with two attached hydrogens (primary N) is 1. The number of anilines is 2. The molecule has 0 aliphatic carbocycles. The summed E-state index contributed by atoms with van der Waals surface area (Å²) < 4.78 is 0. The Morgan fingerprint density at radius 1 is 1.27 bits per heavy atom. The summed E-state index contributed by atoms with van der Waals surface area (Å²) in [5, 5.41) is 15.3. The van der Waals surface area contributed by atoms with Gasteiger partial charge in [0.05, 0.1) is 6.61 Å². The van der Waals surface area contributed by atoms with E-state index in [-0.39, 0.29) is 12.0 Å². The molecule has 0 aliphatic heterocycles. The normalized spacial score (nSPS) is 12.2. The Labute approximate surface area is 133 Å². The van der Waals surface area contributed by atoms with Crippen molar-refractivity contribution in [2.24, 2.45) is 16.1 Å². The van der Waals surface area contributed by atoms with Gasteiger partial charge in [-0.15, -0.1) is 0 Å². The lowest BCUT2D eigenvalue weighted by Gasteiger charge is -2.21. The van der Waals surface area contributed by atoms with Gasteiger partial charge in [0.25, 0.3) is 0 Å². The van der Waals surface area contributed by atoms with Crippen LogP contribution in [0.25, 0.3) is 0 Å². The number of rotatable bonds is 7. The van der Waals surface area contributed by atoms with Crippen molar-refractivity contribution >= 4 is 17.3 Å². The second-order valence-electron chi connectivity index (χ2n) is 6.25. The van der Waals surface area contributed by atoms with E-state index in [9.17, 15) is 0 Å². The zero-order valence-corrected chi connectivity index (χ0v) is 14.1. The van der Waals surface area contributed by atoms with E-state index in [0.29, 0.717) is 25.6 Å². The summed E-state index contributed by atoms with van der Waals surface area (Å²) in [4.78, 5) is 6.60. The average molecular weight is 307 g/mol. The Bertz CT molecular complexity index is 468. The van der Waals surface area contributed by atoms with Crippen LogP contribution in [-0.4, -0.2) is 51.4 Å². The number of benzene rings is 1. The predicted octanol–water partition coefficient (Wildman–Crippen LogP) is 1.09. The zero-order valence-electron chi connectivity index (χ0n) is 14.1. The molecule has 0 saturated heterocycles. The van der Waals surface area contributed by atoms with Gasteiger partial charge in [-0.1, -0.05) is 13.8 Å². The maximum absolute atomic E-state index is 8.98. The third kappa shape index (κ3) is 6.32. The van der Waals surface area contributed by atoms with E-state index in [1.54, 1.807) is 0 Å². The molecule has 0 fully saturated rings. The average Bonchev–Trinajstić information content (AvgIpc) is 2.50. The van der Waals surface area contributed by atoms with E-state index in [1.165, 1.54) is 0 Å². The number of aliphatic hydroxyl groups excluding tert-OH is 1. The number of aliphatic hydroxyl groups is 1. The highest BCUT2D eigenvalue weighted by Gasteiger charge is 2.15. The van der Waals surface area contributed by atoms with Crippen LogP contribution in [0.4, 0.5) is 11.4 Å². The summed E-state index contributed by atoms with van der Waals surface area (Å²) in [5.74, 6) is 0.646. The van der Waals surface area contributed by atoms with Crippen LogP contribution < -0.4 is 21.3 Å². The number of aliphatic imine (C=N–C) groups is 1. The first kappa shape index (κ1) is 18.3. The number of nitrogens with one attached hydrogen (secondary N) is 2. The number of guanidine groups is 1. The fourth-order valence-corrected chi connectivity index (χ4v) is 1.65. The lowest BCUT2D eigenvalue weighted by atomic mass is 9.94. The molecular formula is C16H29N5O. The molecule has 124 valence electrons. The molecule has 1 rings (SSSR count). The van der Waals surface area contributed by atoms with E-state index in [2.05, 4.69) is 29.5 Å². The monoisotopic (exact) mass is 307 g/mol. The summed E-state index contributed by atoms with van der Waals surface area (Å²) in [7, 11) is 4.01. The molecule has 0 atom stereocenters. The highest BCUT2D eigenvalue weighted by atomic mass is 16.3. The molecule has 0 radical (unpaired) electrons. The standard InChI is InChI=1S/C16H29N5O/c1-16(2,11-17)12-19-15(18-9-10-22)20-13-5-7-14(8-6-13)21(3)4/h5-8,22H,9-12,17H2,1-4H3,(H2,18,19,20). The van der Waals surface area contributed by atoms with Crippen LogP contribution in [0.15, 0.2) is 29.3 Å². The molecule has 6 heteroatoms. The van der Waals surface area contributed by atoms with Gasteiger partial charge in [-0.25, -0.2) is 0 Å². The SMILES string of the molecule is CN(C)c1ccc(NC(=NCC(C)(C)CN)NCCO)cc1. The van der Waals surface area contributed by atoms with Crippen LogP contribution in [0.5, 0.6) is 0 Å². The van der Waals surface area contributed by atoms with Crippen molar-refractivity contribution in [3.8, 4) is 0 Å². The predicted molar refractivity (Wildman–Crippen MR) is 94.6 cm³/mol. The molecule has 6 nitrogen and oxygen atoms in total. The van der Waals surface area contributed by atoms with E-state index >= 15 is 0 Å². The third-order valence-corrected chi connectivity index (χ3v) is 3.27. The Morgan fingerprint density at radius 2 is 1.91 bits per heavy atom. The van der Waals surface area contributed by atoms with Crippen molar-refractivity contribution < 1.29 is 5.11 Å². The van der Waals surface area contributed by atoms with Crippen LogP contribution in [0.3, 0.4) is 0 Å². The second-order valence-corrected chi connectivity index (χ2v) is 6.25. The van der Waals surface area contributed by atoms with E-state index < -0.39 is 0 Å². The summed E-state index contributed by atoms with van der Waals surface area (Å²) in [5.41, 5.74) is 7.76. The van der Waals surface area contributed by atoms with Gasteiger partial charge in [-0.3, -0.25) is 4.99 Å². The van der Waals surface area contributed by atoms with Crippen molar-refractivity contribution in [2.75, 3.05) is 50.6 Å². The largest absolute Gasteiger partial charge is 0.395 e.